The van der Waals surface area contributed by atoms with Crippen molar-refractivity contribution in [3.8, 4) is 0 Å². The molecule has 1 aliphatic rings. The van der Waals surface area contributed by atoms with Gasteiger partial charge in [-0.15, -0.1) is 11.3 Å². The third-order valence-corrected chi connectivity index (χ3v) is 6.90. The van der Waals surface area contributed by atoms with Gasteiger partial charge in [-0.25, -0.2) is 0 Å². The molecule has 1 atom stereocenters. The Morgan fingerprint density at radius 1 is 1.23 bits per heavy atom. The lowest BCUT2D eigenvalue weighted by Crippen LogP contribution is -2.21. The lowest BCUT2D eigenvalue weighted by Gasteiger charge is -2.22. The Bertz CT molecular complexity index is 1130. The SMILES string of the molecule is Cc1cc2c(c(C)c1NC(=O)CC(C)(C)C)CCC2Nc1cc(Cl)cc2sccc12. The average Bonchev–Trinajstić information content (AvgIpc) is 3.24. The maximum Gasteiger partial charge on any atom is 0.224 e. The van der Waals surface area contributed by atoms with Gasteiger partial charge in [-0.2, -0.15) is 0 Å². The molecule has 1 aromatic heterocycles. The van der Waals surface area contributed by atoms with Crippen molar-refractivity contribution in [3.63, 3.8) is 0 Å². The third-order valence-electron chi connectivity index (χ3n) is 5.82. The second-order valence-corrected chi connectivity index (χ2v) is 11.0. The van der Waals surface area contributed by atoms with Crippen LogP contribution in [0.3, 0.4) is 0 Å². The highest BCUT2D eigenvalue weighted by Crippen LogP contribution is 2.42. The quantitative estimate of drug-likeness (QED) is 0.437. The minimum Gasteiger partial charge on any atom is -0.378 e. The van der Waals surface area contributed by atoms with E-state index < -0.39 is 0 Å². The lowest BCUT2D eigenvalue weighted by atomic mass is 9.91. The molecule has 0 fully saturated rings. The van der Waals surface area contributed by atoms with Gasteiger partial charge in [-0.1, -0.05) is 38.4 Å². The fourth-order valence-corrected chi connectivity index (χ4v) is 5.63. The topological polar surface area (TPSA) is 41.1 Å². The Balaban J connectivity index is 1.62. The van der Waals surface area contributed by atoms with Crippen LogP contribution in [-0.4, -0.2) is 5.91 Å². The van der Waals surface area contributed by atoms with Crippen LogP contribution in [0.5, 0.6) is 0 Å². The molecule has 2 N–H and O–H groups in total. The van der Waals surface area contributed by atoms with E-state index >= 15 is 0 Å². The van der Waals surface area contributed by atoms with Crippen LogP contribution in [0.15, 0.2) is 29.6 Å². The fraction of sp³-hybridized carbons (Fsp3) is 0.400. The molecule has 3 aromatic rings. The summed E-state index contributed by atoms with van der Waals surface area (Å²) in [6.07, 6.45) is 2.56. The molecule has 1 amide bonds. The van der Waals surface area contributed by atoms with Crippen molar-refractivity contribution < 1.29 is 4.79 Å². The average molecular weight is 441 g/mol. The first-order chi connectivity index (χ1) is 14.1. The zero-order valence-corrected chi connectivity index (χ0v) is 19.9. The van der Waals surface area contributed by atoms with Gasteiger partial charge < -0.3 is 10.6 Å². The molecule has 5 heteroatoms. The summed E-state index contributed by atoms with van der Waals surface area (Å²) in [5.74, 6) is 0.0834. The molecule has 0 radical (unpaired) electrons. The molecule has 3 nitrogen and oxygen atoms in total. The standard InChI is InChI=1S/C25H29ClN2OS/c1-14-10-19-17(15(2)24(14)28-23(29)13-25(3,4)5)6-7-20(19)27-21-11-16(26)12-22-18(21)8-9-30-22/h8-12,20,27H,6-7,13H2,1-5H3,(H,28,29). The normalized spacial score (nSPS) is 16.0. The zero-order chi connectivity index (χ0) is 21.6. The van der Waals surface area contributed by atoms with Crippen molar-refractivity contribution in [2.24, 2.45) is 5.41 Å². The van der Waals surface area contributed by atoms with Crippen molar-refractivity contribution in [3.05, 3.63) is 56.9 Å². The summed E-state index contributed by atoms with van der Waals surface area (Å²) in [6, 6.07) is 8.69. The van der Waals surface area contributed by atoms with Crippen molar-refractivity contribution in [1.29, 1.82) is 0 Å². The molecule has 30 heavy (non-hydrogen) atoms. The number of anilines is 2. The largest absolute Gasteiger partial charge is 0.378 e. The van der Waals surface area contributed by atoms with Gasteiger partial charge in [-0.05, 0) is 77.9 Å². The van der Waals surface area contributed by atoms with Gasteiger partial charge in [0, 0.05) is 32.9 Å². The Labute approximate surface area is 187 Å². The molecular formula is C25H29ClN2OS. The number of aryl methyl sites for hydroxylation is 1. The number of carbonyl (C=O) groups excluding carboxylic acids is 1. The summed E-state index contributed by atoms with van der Waals surface area (Å²) < 4.78 is 1.20. The predicted molar refractivity (Wildman–Crippen MR) is 130 cm³/mol. The number of thiophene rings is 1. The lowest BCUT2D eigenvalue weighted by molar-refractivity contribution is -0.117. The van der Waals surface area contributed by atoms with E-state index in [0.717, 1.165) is 34.8 Å². The Morgan fingerprint density at radius 3 is 2.73 bits per heavy atom. The second kappa shape index (κ2) is 7.90. The van der Waals surface area contributed by atoms with Crippen LogP contribution in [0.1, 0.15) is 61.9 Å². The van der Waals surface area contributed by atoms with E-state index in [9.17, 15) is 4.79 Å². The summed E-state index contributed by atoms with van der Waals surface area (Å²) >= 11 is 8.07. The van der Waals surface area contributed by atoms with E-state index in [1.165, 1.54) is 26.8 Å². The second-order valence-electron chi connectivity index (χ2n) is 9.57. The van der Waals surface area contributed by atoms with Gasteiger partial charge in [0.15, 0.2) is 0 Å². The smallest absolute Gasteiger partial charge is 0.224 e. The number of rotatable bonds is 4. The number of fused-ring (bicyclic) bond motifs is 2. The summed E-state index contributed by atoms with van der Waals surface area (Å²) in [4.78, 5) is 12.5. The summed E-state index contributed by atoms with van der Waals surface area (Å²) in [7, 11) is 0. The molecule has 0 saturated heterocycles. The van der Waals surface area contributed by atoms with Crippen LogP contribution in [-0.2, 0) is 11.2 Å². The molecule has 0 aliphatic heterocycles. The van der Waals surface area contributed by atoms with E-state index in [-0.39, 0.29) is 17.4 Å². The molecular weight excluding hydrogens is 412 g/mol. The molecule has 2 aromatic carbocycles. The Hall–Kier alpha value is -2.04. The van der Waals surface area contributed by atoms with Gasteiger partial charge in [0.05, 0.1) is 6.04 Å². The molecule has 1 unspecified atom stereocenters. The fourth-order valence-electron chi connectivity index (χ4n) is 4.50. The number of hydrogen-bond acceptors (Lipinski definition) is 3. The maximum atomic E-state index is 12.5. The van der Waals surface area contributed by atoms with Crippen molar-refractivity contribution in [2.75, 3.05) is 10.6 Å². The van der Waals surface area contributed by atoms with Gasteiger partial charge in [0.25, 0.3) is 0 Å². The van der Waals surface area contributed by atoms with Crippen molar-refractivity contribution in [2.45, 2.75) is 59.9 Å². The van der Waals surface area contributed by atoms with Crippen LogP contribution in [0.25, 0.3) is 10.1 Å². The van der Waals surface area contributed by atoms with Crippen LogP contribution in [0.2, 0.25) is 5.02 Å². The van der Waals surface area contributed by atoms with Crippen LogP contribution in [0, 0.1) is 19.3 Å². The van der Waals surface area contributed by atoms with Gasteiger partial charge in [-0.3, -0.25) is 4.79 Å². The zero-order valence-electron chi connectivity index (χ0n) is 18.3. The van der Waals surface area contributed by atoms with Gasteiger partial charge in [0.2, 0.25) is 5.91 Å². The van der Waals surface area contributed by atoms with Crippen LogP contribution in [0.4, 0.5) is 11.4 Å². The molecule has 158 valence electrons. The molecule has 1 aliphatic carbocycles. The number of nitrogens with one attached hydrogen (secondary N) is 2. The van der Waals surface area contributed by atoms with Crippen LogP contribution >= 0.6 is 22.9 Å². The molecule has 1 heterocycles. The predicted octanol–water partition coefficient (Wildman–Crippen LogP) is 7.65. The molecule has 0 spiro atoms. The first-order valence-electron chi connectivity index (χ1n) is 10.5. The first kappa shape index (κ1) is 21.2. The Kier molecular flexibility index (Phi) is 5.58. The number of halogens is 1. The van der Waals surface area contributed by atoms with Gasteiger partial charge in [0.1, 0.15) is 0 Å². The number of hydrogen-bond donors (Lipinski definition) is 2. The number of carbonyl (C=O) groups is 1. The highest BCUT2D eigenvalue weighted by Gasteiger charge is 2.27. The maximum absolute atomic E-state index is 12.5. The molecule has 0 saturated carbocycles. The van der Waals surface area contributed by atoms with Crippen molar-refractivity contribution >= 4 is 50.3 Å². The summed E-state index contributed by atoms with van der Waals surface area (Å²) in [6.45, 7) is 10.5. The molecule has 0 bridgehead atoms. The summed E-state index contributed by atoms with van der Waals surface area (Å²) in [5.41, 5.74) is 7.05. The number of benzene rings is 2. The minimum atomic E-state index is -0.0262. The van der Waals surface area contributed by atoms with Crippen molar-refractivity contribution in [1.82, 2.24) is 0 Å². The van der Waals surface area contributed by atoms with E-state index in [2.05, 4.69) is 62.8 Å². The highest BCUT2D eigenvalue weighted by molar-refractivity contribution is 7.17. The first-order valence-corrected chi connectivity index (χ1v) is 11.7. The highest BCUT2D eigenvalue weighted by atomic mass is 35.5. The molecule has 4 rings (SSSR count). The van der Waals surface area contributed by atoms with E-state index in [4.69, 9.17) is 11.6 Å². The van der Waals surface area contributed by atoms with Crippen LogP contribution < -0.4 is 10.6 Å². The number of amides is 1. The third kappa shape index (κ3) is 4.21. The van der Waals surface area contributed by atoms with E-state index in [0.29, 0.717) is 6.42 Å². The summed E-state index contributed by atoms with van der Waals surface area (Å²) in [5, 5.41) is 11.0. The van der Waals surface area contributed by atoms with E-state index in [1.807, 2.05) is 12.1 Å². The Morgan fingerprint density at radius 2 is 2.00 bits per heavy atom. The monoisotopic (exact) mass is 440 g/mol. The van der Waals surface area contributed by atoms with E-state index in [1.54, 1.807) is 11.3 Å². The minimum absolute atomic E-state index is 0.0262. The van der Waals surface area contributed by atoms with Gasteiger partial charge >= 0.3 is 0 Å².